The number of benzene rings is 3. The van der Waals surface area contributed by atoms with Gasteiger partial charge in [0.05, 0.1) is 5.69 Å². The van der Waals surface area contributed by atoms with Crippen molar-refractivity contribution in [3.63, 3.8) is 0 Å². The van der Waals surface area contributed by atoms with Crippen molar-refractivity contribution >= 4 is 23.4 Å². The van der Waals surface area contributed by atoms with E-state index in [4.69, 9.17) is 0 Å². The Morgan fingerprint density at radius 3 is 2.25 bits per heavy atom. The molecule has 0 saturated heterocycles. The van der Waals surface area contributed by atoms with Crippen LogP contribution in [0.2, 0.25) is 0 Å². The van der Waals surface area contributed by atoms with Crippen LogP contribution in [-0.4, -0.2) is 24.8 Å². The van der Waals surface area contributed by atoms with Gasteiger partial charge in [-0.25, -0.2) is 0 Å². The fraction of sp³-hybridized carbons (Fsp3) is 0.192. The van der Waals surface area contributed by atoms with E-state index in [0.717, 1.165) is 22.4 Å². The SMILES string of the molecule is C[C@@H](C(=O)NCc1ccccc1)C(=O)N[C@H]1C(=O)N(C)c2ccccc2-c2ccccc21. The van der Waals surface area contributed by atoms with Crippen LogP contribution >= 0.6 is 0 Å². The molecule has 6 nitrogen and oxygen atoms in total. The summed E-state index contributed by atoms with van der Waals surface area (Å²) in [5, 5.41) is 5.61. The van der Waals surface area contributed by atoms with Crippen LogP contribution < -0.4 is 15.5 Å². The summed E-state index contributed by atoms with van der Waals surface area (Å²) in [6.07, 6.45) is 0. The number of hydrogen-bond donors (Lipinski definition) is 2. The van der Waals surface area contributed by atoms with Crippen LogP contribution in [0.4, 0.5) is 5.69 Å². The molecule has 3 amide bonds. The molecule has 6 heteroatoms. The molecule has 0 bridgehead atoms. The minimum absolute atomic E-state index is 0.257. The van der Waals surface area contributed by atoms with Crippen LogP contribution in [0.3, 0.4) is 0 Å². The number of para-hydroxylation sites is 1. The molecule has 162 valence electrons. The van der Waals surface area contributed by atoms with Crippen LogP contribution in [0.15, 0.2) is 78.9 Å². The van der Waals surface area contributed by atoms with Crippen molar-refractivity contribution in [2.45, 2.75) is 19.5 Å². The molecule has 3 aromatic rings. The summed E-state index contributed by atoms with van der Waals surface area (Å²) in [5.41, 5.74) is 4.23. The van der Waals surface area contributed by atoms with Crippen LogP contribution in [-0.2, 0) is 20.9 Å². The number of rotatable bonds is 5. The molecule has 0 saturated carbocycles. The number of nitrogens with one attached hydrogen (secondary N) is 2. The number of fused-ring (bicyclic) bond motifs is 3. The van der Waals surface area contributed by atoms with Gasteiger partial charge in [-0.1, -0.05) is 72.8 Å². The maximum atomic E-state index is 13.3. The van der Waals surface area contributed by atoms with E-state index in [-0.39, 0.29) is 5.91 Å². The van der Waals surface area contributed by atoms with Gasteiger partial charge in [0.2, 0.25) is 11.8 Å². The van der Waals surface area contributed by atoms with E-state index in [2.05, 4.69) is 10.6 Å². The quantitative estimate of drug-likeness (QED) is 0.613. The van der Waals surface area contributed by atoms with Crippen molar-refractivity contribution in [2.24, 2.45) is 5.92 Å². The maximum Gasteiger partial charge on any atom is 0.253 e. The van der Waals surface area contributed by atoms with Crippen LogP contribution in [0.1, 0.15) is 24.1 Å². The summed E-state index contributed by atoms with van der Waals surface area (Å²) >= 11 is 0. The summed E-state index contributed by atoms with van der Waals surface area (Å²) in [6, 6.07) is 23.8. The number of likely N-dealkylation sites (N-methyl/N-ethyl adjacent to an activating group) is 1. The van der Waals surface area contributed by atoms with Gasteiger partial charge in [0, 0.05) is 19.2 Å². The number of amides is 3. The van der Waals surface area contributed by atoms with E-state index >= 15 is 0 Å². The Balaban J connectivity index is 1.55. The second kappa shape index (κ2) is 9.06. The molecule has 0 aromatic heterocycles. The van der Waals surface area contributed by atoms with Crippen molar-refractivity contribution in [1.29, 1.82) is 0 Å². The van der Waals surface area contributed by atoms with Crippen LogP contribution in [0, 0.1) is 5.92 Å². The summed E-state index contributed by atoms with van der Waals surface area (Å²) < 4.78 is 0. The standard InChI is InChI=1S/C26H25N3O3/c1-17(24(30)27-16-18-10-4-3-5-11-18)25(31)28-23-21-14-7-6-12-19(21)20-13-8-9-15-22(20)29(2)26(23)32/h3-15,17,23H,16H2,1-2H3,(H,27,30)(H,28,31)/t17-,23+/m0/s1. The lowest BCUT2D eigenvalue weighted by atomic mass is 9.95. The molecule has 1 aliphatic heterocycles. The first-order valence-corrected chi connectivity index (χ1v) is 10.6. The number of anilines is 1. The minimum atomic E-state index is -0.949. The molecule has 3 aromatic carbocycles. The van der Waals surface area contributed by atoms with Crippen molar-refractivity contribution in [3.8, 4) is 11.1 Å². The second-order valence-electron chi connectivity index (χ2n) is 7.87. The Bertz CT molecular complexity index is 1160. The average molecular weight is 428 g/mol. The summed E-state index contributed by atoms with van der Waals surface area (Å²) in [6.45, 7) is 1.88. The molecular weight excluding hydrogens is 402 g/mol. The van der Waals surface area contributed by atoms with Gasteiger partial charge in [-0.3, -0.25) is 14.4 Å². The maximum absolute atomic E-state index is 13.3. The van der Waals surface area contributed by atoms with E-state index in [1.165, 1.54) is 0 Å². The average Bonchev–Trinajstić information content (AvgIpc) is 2.92. The minimum Gasteiger partial charge on any atom is -0.351 e. The fourth-order valence-electron chi connectivity index (χ4n) is 3.90. The predicted molar refractivity (Wildman–Crippen MR) is 124 cm³/mol. The first kappa shape index (κ1) is 21.3. The lowest BCUT2D eigenvalue weighted by Gasteiger charge is -2.24. The van der Waals surface area contributed by atoms with E-state index < -0.39 is 23.8 Å². The Kier molecular flexibility index (Phi) is 6.03. The van der Waals surface area contributed by atoms with E-state index in [1.54, 1.807) is 18.9 Å². The lowest BCUT2D eigenvalue weighted by molar-refractivity contribution is -0.136. The highest BCUT2D eigenvalue weighted by molar-refractivity contribution is 6.07. The Hall–Kier alpha value is -3.93. The van der Waals surface area contributed by atoms with Gasteiger partial charge in [-0.05, 0) is 29.7 Å². The number of carbonyl (C=O) groups is 3. The van der Waals surface area contributed by atoms with Gasteiger partial charge in [0.1, 0.15) is 12.0 Å². The third-order valence-electron chi connectivity index (χ3n) is 5.79. The number of nitrogens with zero attached hydrogens (tertiary/aromatic N) is 1. The summed E-state index contributed by atoms with van der Waals surface area (Å²) in [4.78, 5) is 40.4. The van der Waals surface area contributed by atoms with Crippen LogP contribution in [0.5, 0.6) is 0 Å². The molecule has 0 aliphatic carbocycles. The van der Waals surface area contributed by atoms with E-state index in [1.807, 2.05) is 78.9 Å². The third kappa shape index (κ3) is 4.12. The lowest BCUT2D eigenvalue weighted by Crippen LogP contribution is -2.45. The Morgan fingerprint density at radius 2 is 1.50 bits per heavy atom. The zero-order valence-electron chi connectivity index (χ0n) is 18.0. The molecule has 4 rings (SSSR count). The number of hydrogen-bond acceptors (Lipinski definition) is 3. The van der Waals surface area contributed by atoms with Crippen molar-refractivity contribution in [3.05, 3.63) is 90.0 Å². The molecule has 32 heavy (non-hydrogen) atoms. The second-order valence-corrected chi connectivity index (χ2v) is 7.87. The number of carbonyl (C=O) groups excluding carboxylic acids is 3. The fourth-order valence-corrected chi connectivity index (χ4v) is 3.90. The van der Waals surface area contributed by atoms with Crippen molar-refractivity contribution < 1.29 is 14.4 Å². The molecule has 0 spiro atoms. The molecular formula is C26H25N3O3. The predicted octanol–water partition coefficient (Wildman–Crippen LogP) is 3.44. The van der Waals surface area contributed by atoms with Gasteiger partial charge < -0.3 is 15.5 Å². The first-order chi connectivity index (χ1) is 15.5. The molecule has 0 unspecified atom stereocenters. The third-order valence-corrected chi connectivity index (χ3v) is 5.79. The molecule has 1 aliphatic rings. The topological polar surface area (TPSA) is 78.5 Å². The molecule has 1 heterocycles. The van der Waals surface area contributed by atoms with E-state index in [0.29, 0.717) is 12.1 Å². The smallest absolute Gasteiger partial charge is 0.253 e. The van der Waals surface area contributed by atoms with Gasteiger partial charge in [0.15, 0.2) is 0 Å². The zero-order valence-corrected chi connectivity index (χ0v) is 18.0. The highest BCUT2D eigenvalue weighted by Gasteiger charge is 2.34. The van der Waals surface area contributed by atoms with Gasteiger partial charge in [-0.2, -0.15) is 0 Å². The normalized spacial score (nSPS) is 15.8. The Morgan fingerprint density at radius 1 is 0.875 bits per heavy atom. The Labute approximate surface area is 187 Å². The van der Waals surface area contributed by atoms with Gasteiger partial charge >= 0.3 is 0 Å². The van der Waals surface area contributed by atoms with Crippen molar-refractivity contribution in [2.75, 3.05) is 11.9 Å². The molecule has 0 radical (unpaired) electrons. The van der Waals surface area contributed by atoms with Crippen LogP contribution in [0.25, 0.3) is 11.1 Å². The van der Waals surface area contributed by atoms with E-state index in [9.17, 15) is 14.4 Å². The first-order valence-electron chi connectivity index (χ1n) is 10.6. The monoisotopic (exact) mass is 427 g/mol. The molecule has 2 atom stereocenters. The molecule has 2 N–H and O–H groups in total. The van der Waals surface area contributed by atoms with Gasteiger partial charge in [0.25, 0.3) is 5.91 Å². The molecule has 0 fully saturated rings. The zero-order chi connectivity index (χ0) is 22.7. The highest BCUT2D eigenvalue weighted by atomic mass is 16.2. The summed E-state index contributed by atoms with van der Waals surface area (Å²) in [7, 11) is 1.70. The van der Waals surface area contributed by atoms with Gasteiger partial charge in [-0.15, -0.1) is 0 Å². The summed E-state index contributed by atoms with van der Waals surface area (Å²) in [5.74, 6) is -2.09. The van der Waals surface area contributed by atoms with Crippen molar-refractivity contribution in [1.82, 2.24) is 10.6 Å². The highest BCUT2D eigenvalue weighted by Crippen LogP contribution is 2.39. The largest absolute Gasteiger partial charge is 0.351 e.